The average Bonchev–Trinajstić information content (AvgIpc) is 3.00. The third kappa shape index (κ3) is 2.88. The fourth-order valence-electron chi connectivity index (χ4n) is 1.88. The van der Waals surface area contributed by atoms with Crippen molar-refractivity contribution in [2.45, 2.75) is 25.7 Å². The first-order valence-electron chi connectivity index (χ1n) is 5.61. The van der Waals surface area contributed by atoms with Gasteiger partial charge in [0.1, 0.15) is 0 Å². The molecule has 0 atom stereocenters. The third-order valence-corrected chi connectivity index (χ3v) is 4.07. The van der Waals surface area contributed by atoms with Crippen LogP contribution in [0, 0.1) is 11.3 Å². The molecule has 1 saturated heterocycles. The summed E-state index contributed by atoms with van der Waals surface area (Å²) in [5.74, 6) is 1.72. The molecule has 1 saturated carbocycles. The van der Waals surface area contributed by atoms with E-state index in [0.29, 0.717) is 5.41 Å². The van der Waals surface area contributed by atoms with E-state index in [1.165, 1.54) is 25.7 Å². The molecule has 0 radical (unpaired) electrons. The average molecular weight is 216 g/mol. The molecular formula is C11H20O2S. The number of thiol groups is 1. The van der Waals surface area contributed by atoms with Gasteiger partial charge in [0.15, 0.2) is 0 Å². The second-order valence-corrected chi connectivity index (χ2v) is 5.05. The zero-order valence-corrected chi connectivity index (χ0v) is 9.60. The fraction of sp³-hybridized carbons (Fsp3) is 1.00. The minimum Gasteiger partial charge on any atom is -0.381 e. The van der Waals surface area contributed by atoms with Gasteiger partial charge in [-0.1, -0.05) is 0 Å². The van der Waals surface area contributed by atoms with Crippen LogP contribution in [-0.4, -0.2) is 32.2 Å². The summed E-state index contributed by atoms with van der Waals surface area (Å²) in [5, 5.41) is 0. The lowest BCUT2D eigenvalue weighted by atomic mass is 10.0. The molecule has 0 amide bonds. The Morgan fingerprint density at radius 1 is 1.29 bits per heavy atom. The van der Waals surface area contributed by atoms with E-state index in [4.69, 9.17) is 9.47 Å². The van der Waals surface area contributed by atoms with E-state index in [0.717, 1.165) is 38.1 Å². The Morgan fingerprint density at radius 3 is 2.57 bits per heavy atom. The van der Waals surface area contributed by atoms with Crippen molar-refractivity contribution in [2.75, 3.05) is 32.2 Å². The number of rotatable bonds is 5. The van der Waals surface area contributed by atoms with Crippen LogP contribution in [0.2, 0.25) is 0 Å². The van der Waals surface area contributed by atoms with Crippen molar-refractivity contribution in [3.8, 4) is 0 Å². The summed E-state index contributed by atoms with van der Waals surface area (Å²) < 4.78 is 11.1. The lowest BCUT2D eigenvalue weighted by Gasteiger charge is -2.22. The highest BCUT2D eigenvalue weighted by molar-refractivity contribution is 7.80. The Kier molecular flexibility index (Phi) is 3.74. The fourth-order valence-corrected chi connectivity index (χ4v) is 2.29. The zero-order valence-electron chi connectivity index (χ0n) is 8.71. The maximum Gasteiger partial charge on any atom is 0.0530 e. The van der Waals surface area contributed by atoms with Crippen molar-refractivity contribution in [2.24, 2.45) is 11.3 Å². The number of hydrogen-bond acceptors (Lipinski definition) is 3. The molecule has 0 spiro atoms. The van der Waals surface area contributed by atoms with Gasteiger partial charge in [-0.3, -0.25) is 0 Å². The van der Waals surface area contributed by atoms with Crippen molar-refractivity contribution in [3.63, 3.8) is 0 Å². The summed E-state index contributed by atoms with van der Waals surface area (Å²) in [6.45, 7) is 3.70. The summed E-state index contributed by atoms with van der Waals surface area (Å²) in [4.78, 5) is 0. The van der Waals surface area contributed by atoms with Crippen LogP contribution in [0.15, 0.2) is 0 Å². The zero-order chi connectivity index (χ0) is 9.86. The van der Waals surface area contributed by atoms with Crippen LogP contribution < -0.4 is 0 Å². The third-order valence-electron chi connectivity index (χ3n) is 3.40. The number of hydrogen-bond donors (Lipinski definition) is 1. The molecule has 0 aromatic rings. The van der Waals surface area contributed by atoms with Gasteiger partial charge < -0.3 is 9.47 Å². The van der Waals surface area contributed by atoms with Gasteiger partial charge >= 0.3 is 0 Å². The maximum atomic E-state index is 5.79. The van der Waals surface area contributed by atoms with E-state index >= 15 is 0 Å². The smallest absolute Gasteiger partial charge is 0.0530 e. The van der Waals surface area contributed by atoms with Crippen molar-refractivity contribution >= 4 is 12.6 Å². The molecule has 3 heteroatoms. The van der Waals surface area contributed by atoms with E-state index in [2.05, 4.69) is 12.6 Å². The molecule has 2 rings (SSSR count). The van der Waals surface area contributed by atoms with Crippen LogP contribution in [0.4, 0.5) is 0 Å². The van der Waals surface area contributed by atoms with Crippen LogP contribution in [0.25, 0.3) is 0 Å². The molecular weight excluding hydrogens is 196 g/mol. The molecule has 82 valence electrons. The van der Waals surface area contributed by atoms with E-state index < -0.39 is 0 Å². The lowest BCUT2D eigenvalue weighted by molar-refractivity contribution is 0.0107. The Bertz CT molecular complexity index is 174. The SMILES string of the molecule is SCC1(COCC2CCOCC2)CC1. The molecule has 2 fully saturated rings. The first-order valence-corrected chi connectivity index (χ1v) is 6.24. The summed E-state index contributed by atoms with van der Waals surface area (Å²) in [6, 6.07) is 0. The van der Waals surface area contributed by atoms with Crippen LogP contribution in [0.5, 0.6) is 0 Å². The number of ether oxygens (including phenoxy) is 2. The molecule has 0 aromatic heterocycles. The van der Waals surface area contributed by atoms with Crippen molar-refractivity contribution < 1.29 is 9.47 Å². The maximum absolute atomic E-state index is 5.79. The molecule has 1 heterocycles. The molecule has 14 heavy (non-hydrogen) atoms. The van der Waals surface area contributed by atoms with Crippen molar-refractivity contribution in [1.82, 2.24) is 0 Å². The van der Waals surface area contributed by atoms with Gasteiger partial charge in [-0.25, -0.2) is 0 Å². The van der Waals surface area contributed by atoms with Crippen molar-refractivity contribution in [1.29, 1.82) is 0 Å². The van der Waals surface area contributed by atoms with E-state index in [1.807, 2.05) is 0 Å². The van der Waals surface area contributed by atoms with Gasteiger partial charge in [0.2, 0.25) is 0 Å². The quantitative estimate of drug-likeness (QED) is 0.710. The van der Waals surface area contributed by atoms with Gasteiger partial charge in [-0.05, 0) is 37.4 Å². The summed E-state index contributed by atoms with van der Waals surface area (Å²) in [6.07, 6.45) is 4.97. The van der Waals surface area contributed by atoms with Crippen LogP contribution in [0.1, 0.15) is 25.7 Å². The highest BCUT2D eigenvalue weighted by Gasteiger charge is 2.41. The monoisotopic (exact) mass is 216 g/mol. The predicted molar refractivity (Wildman–Crippen MR) is 59.9 cm³/mol. The summed E-state index contributed by atoms with van der Waals surface area (Å²) >= 11 is 4.36. The topological polar surface area (TPSA) is 18.5 Å². The molecule has 0 unspecified atom stereocenters. The molecule has 1 aliphatic carbocycles. The molecule has 0 N–H and O–H groups in total. The van der Waals surface area contributed by atoms with Crippen LogP contribution >= 0.6 is 12.6 Å². The van der Waals surface area contributed by atoms with Gasteiger partial charge in [0, 0.05) is 25.2 Å². The molecule has 0 aromatic carbocycles. The second kappa shape index (κ2) is 4.86. The Morgan fingerprint density at radius 2 is 2.00 bits per heavy atom. The molecule has 2 aliphatic rings. The predicted octanol–water partition coefficient (Wildman–Crippen LogP) is 2.14. The minimum absolute atomic E-state index is 0.453. The Balaban J connectivity index is 1.58. The van der Waals surface area contributed by atoms with E-state index in [-0.39, 0.29) is 0 Å². The van der Waals surface area contributed by atoms with E-state index in [9.17, 15) is 0 Å². The van der Waals surface area contributed by atoms with Crippen LogP contribution in [0.3, 0.4) is 0 Å². The lowest BCUT2D eigenvalue weighted by Crippen LogP contribution is -2.22. The molecule has 0 bridgehead atoms. The minimum atomic E-state index is 0.453. The Labute approximate surface area is 91.8 Å². The van der Waals surface area contributed by atoms with Gasteiger partial charge in [-0.2, -0.15) is 12.6 Å². The van der Waals surface area contributed by atoms with Gasteiger partial charge in [0.05, 0.1) is 6.61 Å². The summed E-state index contributed by atoms with van der Waals surface area (Å²) in [5.41, 5.74) is 0.453. The molecule has 2 nitrogen and oxygen atoms in total. The first-order chi connectivity index (χ1) is 6.85. The largest absolute Gasteiger partial charge is 0.381 e. The summed E-state index contributed by atoms with van der Waals surface area (Å²) in [7, 11) is 0. The highest BCUT2D eigenvalue weighted by Crippen LogP contribution is 2.46. The van der Waals surface area contributed by atoms with Crippen molar-refractivity contribution in [3.05, 3.63) is 0 Å². The second-order valence-electron chi connectivity index (χ2n) is 4.73. The van der Waals surface area contributed by atoms with E-state index in [1.54, 1.807) is 0 Å². The normalized spacial score (nSPS) is 26.4. The Hall–Kier alpha value is 0.270. The molecule has 1 aliphatic heterocycles. The van der Waals surface area contributed by atoms with Crippen LogP contribution in [-0.2, 0) is 9.47 Å². The van der Waals surface area contributed by atoms with Gasteiger partial charge in [-0.15, -0.1) is 0 Å². The van der Waals surface area contributed by atoms with Gasteiger partial charge in [0.25, 0.3) is 0 Å². The highest BCUT2D eigenvalue weighted by atomic mass is 32.1. The first kappa shape index (κ1) is 10.8. The standard InChI is InChI=1S/C11H20O2S/c14-9-11(3-4-11)8-13-7-10-1-5-12-6-2-10/h10,14H,1-9H2.